The molecule has 184 valence electrons. The van der Waals surface area contributed by atoms with E-state index in [1.807, 2.05) is 42.5 Å². The molecule has 8 nitrogen and oxygen atoms in total. The highest BCUT2D eigenvalue weighted by molar-refractivity contribution is 7.89. The molecule has 2 amide bonds. The van der Waals surface area contributed by atoms with Gasteiger partial charge >= 0.3 is 0 Å². The van der Waals surface area contributed by atoms with Gasteiger partial charge in [0.15, 0.2) is 5.76 Å². The van der Waals surface area contributed by atoms with Gasteiger partial charge in [-0.25, -0.2) is 8.42 Å². The molecule has 36 heavy (non-hydrogen) atoms. The molecule has 0 saturated carbocycles. The van der Waals surface area contributed by atoms with Crippen molar-refractivity contribution in [3.05, 3.63) is 103 Å². The summed E-state index contributed by atoms with van der Waals surface area (Å²) in [7, 11) is -3.83. The minimum absolute atomic E-state index is 0.0552. The number of fused-ring (bicyclic) bond motifs is 1. The second-order valence-corrected chi connectivity index (χ2v) is 10.5. The molecule has 0 radical (unpaired) electrons. The third-order valence-electron chi connectivity index (χ3n) is 6.30. The number of amides is 2. The number of carbonyl (C=O) groups excluding carboxylic acids is 2. The number of piperazine rings is 1. The fourth-order valence-electron chi connectivity index (χ4n) is 4.38. The molecule has 1 fully saturated rings. The zero-order chi connectivity index (χ0) is 25.1. The lowest BCUT2D eigenvalue weighted by Gasteiger charge is -2.39. The number of rotatable bonds is 6. The molecule has 1 aliphatic heterocycles. The Kier molecular flexibility index (Phi) is 6.58. The van der Waals surface area contributed by atoms with Crippen molar-refractivity contribution < 1.29 is 22.4 Å². The highest BCUT2D eigenvalue weighted by Crippen LogP contribution is 2.22. The topological polar surface area (TPSA) is 99.9 Å². The molecule has 0 bridgehead atoms. The van der Waals surface area contributed by atoms with Crippen molar-refractivity contribution in [2.75, 3.05) is 19.6 Å². The standard InChI is InChI=1S/C27H25N3O5S/c31-26(28-18-20-12-13-21-7-4-5-8-22(21)17-20)24-19-29(36(33,34)23-9-2-1-3-10-23)14-15-30(24)27(32)25-11-6-16-35-25/h1-13,16-17,24H,14-15,18-19H2,(H,28,31). The van der Waals surface area contributed by atoms with Crippen LogP contribution >= 0.6 is 0 Å². The Balaban J connectivity index is 1.38. The van der Waals surface area contributed by atoms with Crippen LogP contribution in [0.1, 0.15) is 16.1 Å². The highest BCUT2D eigenvalue weighted by Gasteiger charge is 2.40. The van der Waals surface area contributed by atoms with E-state index < -0.39 is 27.9 Å². The normalized spacial score (nSPS) is 16.7. The summed E-state index contributed by atoms with van der Waals surface area (Å²) in [5.74, 6) is -0.791. The lowest BCUT2D eigenvalue weighted by atomic mass is 10.1. The van der Waals surface area contributed by atoms with E-state index in [-0.39, 0.29) is 36.8 Å². The van der Waals surface area contributed by atoms with Gasteiger partial charge in [0, 0.05) is 26.2 Å². The van der Waals surface area contributed by atoms with E-state index in [0.29, 0.717) is 0 Å². The van der Waals surface area contributed by atoms with Crippen molar-refractivity contribution in [2.45, 2.75) is 17.5 Å². The van der Waals surface area contributed by atoms with E-state index in [1.165, 1.54) is 33.7 Å². The number of carbonyl (C=O) groups is 2. The fraction of sp³-hybridized carbons (Fsp3) is 0.185. The summed E-state index contributed by atoms with van der Waals surface area (Å²) in [6.45, 7) is 0.208. The zero-order valence-electron chi connectivity index (χ0n) is 19.4. The minimum Gasteiger partial charge on any atom is -0.459 e. The molecule has 1 aliphatic rings. The van der Waals surface area contributed by atoms with Gasteiger partial charge in [-0.2, -0.15) is 4.31 Å². The molecule has 0 spiro atoms. The van der Waals surface area contributed by atoms with Gasteiger partial charge in [-0.3, -0.25) is 9.59 Å². The quantitative estimate of drug-likeness (QED) is 0.435. The summed E-state index contributed by atoms with van der Waals surface area (Å²) in [6, 6.07) is 24.0. The Bertz CT molecular complexity index is 1490. The van der Waals surface area contributed by atoms with Crippen LogP contribution in [0.15, 0.2) is 101 Å². The first-order chi connectivity index (χ1) is 17.4. The Morgan fingerprint density at radius 2 is 1.64 bits per heavy atom. The average molecular weight is 504 g/mol. The first-order valence-corrected chi connectivity index (χ1v) is 13.0. The van der Waals surface area contributed by atoms with Gasteiger partial charge in [0.2, 0.25) is 15.9 Å². The van der Waals surface area contributed by atoms with Crippen LogP contribution in [-0.2, 0) is 21.4 Å². The molecule has 1 N–H and O–H groups in total. The van der Waals surface area contributed by atoms with Crippen LogP contribution in [0.4, 0.5) is 0 Å². The number of hydrogen-bond donors (Lipinski definition) is 1. The van der Waals surface area contributed by atoms with Crippen LogP contribution in [0, 0.1) is 0 Å². The van der Waals surface area contributed by atoms with Gasteiger partial charge in [-0.15, -0.1) is 0 Å². The van der Waals surface area contributed by atoms with E-state index in [0.717, 1.165) is 16.3 Å². The SMILES string of the molecule is O=C(NCc1ccc2ccccc2c1)C1CN(S(=O)(=O)c2ccccc2)CCN1C(=O)c1ccco1. The smallest absolute Gasteiger partial charge is 0.290 e. The maximum absolute atomic E-state index is 13.4. The van der Waals surface area contributed by atoms with E-state index in [1.54, 1.807) is 24.3 Å². The first kappa shape index (κ1) is 23.8. The van der Waals surface area contributed by atoms with Crippen molar-refractivity contribution in [1.29, 1.82) is 0 Å². The van der Waals surface area contributed by atoms with Crippen LogP contribution in [-0.4, -0.2) is 55.1 Å². The Labute approximate surface area is 209 Å². The van der Waals surface area contributed by atoms with Gasteiger partial charge < -0.3 is 14.6 Å². The van der Waals surface area contributed by atoms with Crippen molar-refractivity contribution in [3.8, 4) is 0 Å². The number of hydrogen-bond acceptors (Lipinski definition) is 5. The minimum atomic E-state index is -3.83. The third-order valence-corrected chi connectivity index (χ3v) is 8.18. The van der Waals surface area contributed by atoms with E-state index in [9.17, 15) is 18.0 Å². The van der Waals surface area contributed by atoms with E-state index in [4.69, 9.17) is 4.42 Å². The average Bonchev–Trinajstić information content (AvgIpc) is 3.46. The van der Waals surface area contributed by atoms with Crippen molar-refractivity contribution >= 4 is 32.6 Å². The monoisotopic (exact) mass is 503 g/mol. The summed E-state index contributed by atoms with van der Waals surface area (Å²) >= 11 is 0. The number of sulfonamides is 1. The van der Waals surface area contributed by atoms with Gasteiger partial charge in [0.25, 0.3) is 5.91 Å². The summed E-state index contributed by atoms with van der Waals surface area (Å²) in [6.07, 6.45) is 1.39. The molecule has 0 aliphatic carbocycles. The number of furan rings is 1. The maximum atomic E-state index is 13.4. The number of benzene rings is 3. The lowest BCUT2D eigenvalue weighted by Crippen LogP contribution is -2.61. The largest absolute Gasteiger partial charge is 0.459 e. The Morgan fingerprint density at radius 3 is 2.39 bits per heavy atom. The summed E-state index contributed by atoms with van der Waals surface area (Å²) in [4.78, 5) is 28.0. The van der Waals surface area contributed by atoms with Gasteiger partial charge in [0.1, 0.15) is 6.04 Å². The van der Waals surface area contributed by atoms with E-state index in [2.05, 4.69) is 5.32 Å². The molecule has 1 atom stereocenters. The second-order valence-electron chi connectivity index (χ2n) is 8.57. The molecular formula is C27H25N3O5S. The molecule has 1 unspecified atom stereocenters. The molecule has 4 aromatic rings. The van der Waals surface area contributed by atoms with Crippen LogP contribution in [0.3, 0.4) is 0 Å². The van der Waals surface area contributed by atoms with Gasteiger partial charge in [-0.05, 0) is 46.7 Å². The molecular weight excluding hydrogens is 478 g/mol. The molecule has 3 aromatic carbocycles. The predicted molar refractivity (Wildman–Crippen MR) is 135 cm³/mol. The maximum Gasteiger partial charge on any atom is 0.290 e. The third kappa shape index (κ3) is 4.75. The zero-order valence-corrected chi connectivity index (χ0v) is 20.2. The van der Waals surface area contributed by atoms with Crippen molar-refractivity contribution in [3.63, 3.8) is 0 Å². The first-order valence-electron chi connectivity index (χ1n) is 11.6. The van der Waals surface area contributed by atoms with Gasteiger partial charge in [0.05, 0.1) is 11.2 Å². The summed E-state index contributed by atoms with van der Waals surface area (Å²) < 4.78 is 33.0. The predicted octanol–water partition coefficient (Wildman–Crippen LogP) is 3.26. The van der Waals surface area contributed by atoms with Crippen molar-refractivity contribution in [2.24, 2.45) is 0 Å². The Morgan fingerprint density at radius 1 is 0.889 bits per heavy atom. The van der Waals surface area contributed by atoms with Crippen molar-refractivity contribution in [1.82, 2.24) is 14.5 Å². The second kappa shape index (κ2) is 9.96. The summed E-state index contributed by atoms with van der Waals surface area (Å²) in [5, 5.41) is 5.04. The Hall–Kier alpha value is -3.95. The summed E-state index contributed by atoms with van der Waals surface area (Å²) in [5.41, 5.74) is 0.899. The van der Waals surface area contributed by atoms with Gasteiger partial charge in [-0.1, -0.05) is 54.6 Å². The fourth-order valence-corrected chi connectivity index (χ4v) is 5.84. The lowest BCUT2D eigenvalue weighted by molar-refractivity contribution is -0.127. The van der Waals surface area contributed by atoms with Crippen LogP contribution in [0.2, 0.25) is 0 Å². The molecule has 1 saturated heterocycles. The van der Waals surface area contributed by atoms with Crippen LogP contribution in [0.25, 0.3) is 10.8 Å². The van der Waals surface area contributed by atoms with E-state index >= 15 is 0 Å². The number of nitrogens with zero attached hydrogens (tertiary/aromatic N) is 2. The molecule has 9 heteroatoms. The highest BCUT2D eigenvalue weighted by atomic mass is 32.2. The number of nitrogens with one attached hydrogen (secondary N) is 1. The van der Waals surface area contributed by atoms with Crippen LogP contribution in [0.5, 0.6) is 0 Å². The molecule has 2 heterocycles. The van der Waals surface area contributed by atoms with Crippen LogP contribution < -0.4 is 5.32 Å². The molecule has 1 aromatic heterocycles. The molecule has 5 rings (SSSR count).